The number of quaternary nitrogens is 1. The molecule has 2 aliphatic rings. The molecule has 3 heterocycles. The molecular weight excluding hydrogens is 392 g/mol. The van der Waals surface area contributed by atoms with Crippen LogP contribution in [0.25, 0.3) is 0 Å². The first kappa shape index (κ1) is 19.9. The lowest BCUT2D eigenvalue weighted by atomic mass is 10.1. The van der Waals surface area contributed by atoms with Gasteiger partial charge in [-0.1, -0.05) is 6.07 Å². The lowest BCUT2D eigenvalue weighted by Gasteiger charge is -2.22. The van der Waals surface area contributed by atoms with Crippen molar-refractivity contribution >= 4 is 28.7 Å². The molecule has 0 spiro atoms. The zero-order valence-corrected chi connectivity index (χ0v) is 17.2. The number of anilines is 1. The maximum absolute atomic E-state index is 12.8. The van der Waals surface area contributed by atoms with Gasteiger partial charge in [0.15, 0.2) is 23.8 Å². The van der Waals surface area contributed by atoms with Gasteiger partial charge in [-0.2, -0.15) is 0 Å². The molecule has 1 amide bonds. The number of benzene rings is 1. The van der Waals surface area contributed by atoms with Crippen LogP contribution in [0.4, 0.5) is 5.69 Å². The molecule has 1 saturated heterocycles. The third-order valence-electron chi connectivity index (χ3n) is 5.12. The van der Waals surface area contributed by atoms with E-state index in [1.54, 1.807) is 23.5 Å². The summed E-state index contributed by atoms with van der Waals surface area (Å²) < 4.78 is 16.5. The van der Waals surface area contributed by atoms with E-state index in [1.807, 2.05) is 11.4 Å². The average molecular weight is 418 g/mol. The van der Waals surface area contributed by atoms with E-state index in [0.717, 1.165) is 37.4 Å². The number of ether oxygens (including phenoxy) is 3. The Labute approximate surface area is 173 Å². The van der Waals surface area contributed by atoms with E-state index in [1.165, 1.54) is 11.8 Å². The Balaban J connectivity index is 1.46. The number of thiophene rings is 1. The van der Waals surface area contributed by atoms with Crippen LogP contribution in [-0.2, 0) is 16.1 Å². The maximum atomic E-state index is 12.8. The second-order valence-electron chi connectivity index (χ2n) is 7.38. The summed E-state index contributed by atoms with van der Waals surface area (Å²) in [5.41, 5.74) is 0.876. The van der Waals surface area contributed by atoms with Gasteiger partial charge in [0, 0.05) is 18.2 Å². The van der Waals surface area contributed by atoms with E-state index in [9.17, 15) is 9.59 Å². The van der Waals surface area contributed by atoms with Crippen molar-refractivity contribution in [3.63, 3.8) is 0 Å². The minimum absolute atomic E-state index is 0.115. The summed E-state index contributed by atoms with van der Waals surface area (Å²) in [6.07, 6.45) is 2.30. The molecule has 1 fully saturated rings. The number of hydrogen-bond donors (Lipinski definition) is 2. The fourth-order valence-corrected chi connectivity index (χ4v) is 4.53. The third-order valence-corrected chi connectivity index (χ3v) is 6.00. The highest BCUT2D eigenvalue weighted by Crippen LogP contribution is 2.37. The molecule has 4 rings (SSSR count). The topological polar surface area (TPSA) is 78.3 Å². The highest BCUT2D eigenvalue weighted by molar-refractivity contribution is 7.09. The van der Waals surface area contributed by atoms with Crippen molar-refractivity contribution < 1.29 is 28.7 Å². The SMILES string of the molecule is CC(=O)c1cc2c(cc1NC(=O)C[NH+](Cc1cccs1)C[C@@H]1CCCO1)OCO2. The summed E-state index contributed by atoms with van der Waals surface area (Å²) >= 11 is 1.69. The van der Waals surface area contributed by atoms with Crippen molar-refractivity contribution in [3.05, 3.63) is 40.1 Å². The Morgan fingerprint density at radius 2 is 2.10 bits per heavy atom. The molecule has 2 N–H and O–H groups in total. The fourth-order valence-electron chi connectivity index (χ4n) is 3.75. The van der Waals surface area contributed by atoms with Crippen molar-refractivity contribution in [3.8, 4) is 11.5 Å². The quantitative estimate of drug-likeness (QED) is 0.642. The van der Waals surface area contributed by atoms with E-state index >= 15 is 0 Å². The second kappa shape index (κ2) is 8.94. The highest BCUT2D eigenvalue weighted by atomic mass is 32.1. The smallest absolute Gasteiger partial charge is 0.279 e. The van der Waals surface area contributed by atoms with E-state index in [0.29, 0.717) is 29.3 Å². The van der Waals surface area contributed by atoms with Gasteiger partial charge in [0.2, 0.25) is 6.79 Å². The molecule has 2 aromatic rings. The van der Waals surface area contributed by atoms with E-state index in [2.05, 4.69) is 11.4 Å². The molecule has 0 radical (unpaired) electrons. The highest BCUT2D eigenvalue weighted by Gasteiger charge is 2.26. The van der Waals surface area contributed by atoms with Crippen molar-refractivity contribution in [2.24, 2.45) is 0 Å². The molecule has 2 atom stereocenters. The number of ketones is 1. The first-order valence-corrected chi connectivity index (χ1v) is 10.7. The number of amides is 1. The minimum Gasteiger partial charge on any atom is -0.454 e. The van der Waals surface area contributed by atoms with Gasteiger partial charge in [-0.25, -0.2) is 0 Å². The Bertz CT molecular complexity index is 877. The molecule has 2 aliphatic heterocycles. The van der Waals surface area contributed by atoms with Gasteiger partial charge >= 0.3 is 0 Å². The summed E-state index contributed by atoms with van der Waals surface area (Å²) in [7, 11) is 0. The van der Waals surface area contributed by atoms with E-state index in [-0.39, 0.29) is 24.6 Å². The Hall–Kier alpha value is -2.42. The van der Waals surface area contributed by atoms with Gasteiger partial charge in [0.1, 0.15) is 19.2 Å². The normalized spacial score (nSPS) is 18.6. The van der Waals surface area contributed by atoms with Gasteiger partial charge in [-0.15, -0.1) is 11.3 Å². The third kappa shape index (κ3) is 4.95. The molecule has 1 aromatic heterocycles. The Morgan fingerprint density at radius 3 is 2.79 bits per heavy atom. The largest absolute Gasteiger partial charge is 0.454 e. The number of Topliss-reactive ketones (excluding diaryl/α,β-unsaturated/α-hetero) is 1. The molecule has 0 aliphatic carbocycles. The number of fused-ring (bicyclic) bond motifs is 1. The van der Waals surface area contributed by atoms with Gasteiger partial charge in [-0.3, -0.25) is 9.59 Å². The molecule has 0 bridgehead atoms. The fraction of sp³-hybridized carbons (Fsp3) is 0.429. The molecule has 1 aromatic carbocycles. The average Bonchev–Trinajstić information content (AvgIpc) is 3.43. The second-order valence-corrected chi connectivity index (χ2v) is 8.41. The van der Waals surface area contributed by atoms with Crippen molar-refractivity contribution in [2.45, 2.75) is 32.4 Å². The maximum Gasteiger partial charge on any atom is 0.279 e. The summed E-state index contributed by atoms with van der Waals surface area (Å²) in [6.45, 7) is 4.23. The molecule has 0 saturated carbocycles. The van der Waals surface area contributed by atoms with Gasteiger partial charge in [0.05, 0.1) is 10.6 Å². The molecule has 1 unspecified atom stereocenters. The first-order chi connectivity index (χ1) is 14.1. The van der Waals surface area contributed by atoms with Gasteiger partial charge < -0.3 is 24.4 Å². The standard InChI is InChI=1S/C21H24N2O5S/c1-14(24)17-8-19-20(28-13-27-19)9-18(17)22-21(25)12-23(10-15-4-2-6-26-15)11-16-5-3-7-29-16/h3,5,7-9,15H,2,4,6,10-13H2,1H3,(H,22,25)/p+1/t15-/m0/s1. The minimum atomic E-state index is -0.143. The number of carbonyl (C=O) groups excluding carboxylic acids is 2. The van der Waals surface area contributed by atoms with Crippen LogP contribution in [0, 0.1) is 0 Å². The van der Waals surface area contributed by atoms with E-state index < -0.39 is 0 Å². The number of nitrogens with one attached hydrogen (secondary N) is 2. The van der Waals surface area contributed by atoms with Crippen LogP contribution in [-0.4, -0.2) is 44.3 Å². The van der Waals surface area contributed by atoms with Crippen LogP contribution in [0.15, 0.2) is 29.6 Å². The zero-order valence-electron chi connectivity index (χ0n) is 16.4. The number of carbonyl (C=O) groups is 2. The zero-order chi connectivity index (χ0) is 20.2. The van der Waals surface area contributed by atoms with Crippen LogP contribution in [0.3, 0.4) is 0 Å². The summed E-state index contributed by atoms with van der Waals surface area (Å²) in [5, 5.41) is 4.95. The molecule has 154 valence electrons. The summed E-state index contributed by atoms with van der Waals surface area (Å²) in [5.74, 6) is 0.778. The van der Waals surface area contributed by atoms with Crippen LogP contribution >= 0.6 is 11.3 Å². The van der Waals surface area contributed by atoms with Crippen LogP contribution in [0.1, 0.15) is 35.0 Å². The monoisotopic (exact) mass is 417 g/mol. The Kier molecular flexibility index (Phi) is 6.13. The molecule has 29 heavy (non-hydrogen) atoms. The number of hydrogen-bond acceptors (Lipinski definition) is 6. The van der Waals surface area contributed by atoms with Crippen LogP contribution in [0.5, 0.6) is 11.5 Å². The van der Waals surface area contributed by atoms with Crippen LogP contribution in [0.2, 0.25) is 0 Å². The van der Waals surface area contributed by atoms with Crippen molar-refractivity contribution in [2.75, 3.05) is 31.8 Å². The predicted octanol–water partition coefficient (Wildman–Crippen LogP) is 1.88. The van der Waals surface area contributed by atoms with Crippen molar-refractivity contribution in [1.82, 2.24) is 0 Å². The number of rotatable bonds is 8. The van der Waals surface area contributed by atoms with Gasteiger partial charge in [-0.05, 0) is 37.3 Å². The molecule has 8 heteroatoms. The lowest BCUT2D eigenvalue weighted by molar-refractivity contribution is -0.908. The summed E-state index contributed by atoms with van der Waals surface area (Å²) in [4.78, 5) is 27.3. The predicted molar refractivity (Wildman–Crippen MR) is 109 cm³/mol. The van der Waals surface area contributed by atoms with Crippen molar-refractivity contribution in [1.29, 1.82) is 0 Å². The lowest BCUT2D eigenvalue weighted by Crippen LogP contribution is -3.12. The molecular formula is C21H25N2O5S+. The van der Waals surface area contributed by atoms with Crippen LogP contribution < -0.4 is 19.7 Å². The first-order valence-electron chi connectivity index (χ1n) is 9.80. The van der Waals surface area contributed by atoms with Gasteiger partial charge in [0.25, 0.3) is 5.91 Å². The summed E-state index contributed by atoms with van der Waals surface area (Å²) in [6, 6.07) is 7.40. The molecule has 7 nitrogen and oxygen atoms in total. The van der Waals surface area contributed by atoms with E-state index in [4.69, 9.17) is 14.2 Å². The Morgan fingerprint density at radius 1 is 1.28 bits per heavy atom.